The lowest BCUT2D eigenvalue weighted by Gasteiger charge is -2.03. The highest BCUT2D eigenvalue weighted by molar-refractivity contribution is 5.88. The minimum Gasteiger partial charge on any atom is -0.478 e. The second-order valence-corrected chi connectivity index (χ2v) is 4.46. The Morgan fingerprint density at radius 2 is 1.95 bits per heavy atom. The Bertz CT molecular complexity index is 859. The average molecular weight is 269 g/mol. The Kier molecular flexibility index (Phi) is 2.64. The van der Waals surface area contributed by atoms with Gasteiger partial charge in [0.1, 0.15) is 0 Å². The second kappa shape index (κ2) is 4.34. The zero-order chi connectivity index (χ0) is 14.3. The number of fused-ring (bicyclic) bond motifs is 1. The first-order valence-corrected chi connectivity index (χ1v) is 5.95. The van der Waals surface area contributed by atoms with Crippen LogP contribution in [0, 0.1) is 0 Å². The second-order valence-electron chi connectivity index (χ2n) is 4.46. The van der Waals surface area contributed by atoms with E-state index in [0.717, 1.165) is 11.1 Å². The molecule has 2 aromatic heterocycles. The van der Waals surface area contributed by atoms with Crippen LogP contribution in [0.25, 0.3) is 22.3 Å². The number of aromatic nitrogens is 3. The molecule has 0 aliphatic carbocycles. The molecular weight excluding hydrogens is 258 g/mol. The monoisotopic (exact) mass is 269 g/mol. The Hall–Kier alpha value is -2.89. The van der Waals surface area contributed by atoms with Crippen LogP contribution in [0.4, 0.5) is 0 Å². The molecule has 0 unspecified atom stereocenters. The molecule has 3 rings (SSSR count). The van der Waals surface area contributed by atoms with E-state index in [9.17, 15) is 9.59 Å². The molecule has 6 heteroatoms. The van der Waals surface area contributed by atoms with E-state index in [2.05, 4.69) is 9.97 Å². The van der Waals surface area contributed by atoms with Crippen molar-refractivity contribution >= 4 is 17.1 Å². The number of aromatic carboxylic acids is 1. The van der Waals surface area contributed by atoms with Gasteiger partial charge < -0.3 is 5.11 Å². The highest BCUT2D eigenvalue weighted by atomic mass is 16.4. The number of hydrogen-bond donors (Lipinski definition) is 2. The van der Waals surface area contributed by atoms with Gasteiger partial charge in [-0.2, -0.15) is 0 Å². The van der Waals surface area contributed by atoms with Crippen molar-refractivity contribution in [1.82, 2.24) is 14.5 Å². The minimum absolute atomic E-state index is 0.217. The molecule has 3 aromatic rings. The van der Waals surface area contributed by atoms with E-state index < -0.39 is 5.97 Å². The van der Waals surface area contributed by atoms with Gasteiger partial charge in [-0.05, 0) is 23.8 Å². The number of aryl methyl sites for hydroxylation is 1. The van der Waals surface area contributed by atoms with Gasteiger partial charge in [0, 0.05) is 18.8 Å². The Balaban J connectivity index is 2.11. The molecule has 0 amide bonds. The molecule has 2 N–H and O–H groups in total. The van der Waals surface area contributed by atoms with Gasteiger partial charge in [0.15, 0.2) is 5.65 Å². The van der Waals surface area contributed by atoms with Crippen molar-refractivity contribution in [3.8, 4) is 11.1 Å². The zero-order valence-electron chi connectivity index (χ0n) is 10.6. The third kappa shape index (κ3) is 1.87. The van der Waals surface area contributed by atoms with Gasteiger partial charge in [0.2, 0.25) is 0 Å². The summed E-state index contributed by atoms with van der Waals surface area (Å²) in [6, 6.07) is 8.36. The van der Waals surface area contributed by atoms with E-state index in [1.165, 1.54) is 16.7 Å². The first kappa shape index (κ1) is 12.2. The number of carboxylic acids is 1. The van der Waals surface area contributed by atoms with Crippen LogP contribution in [0.3, 0.4) is 0 Å². The number of carboxylic acid groups (broad SMARTS) is 1. The highest BCUT2D eigenvalue weighted by Gasteiger charge is 2.07. The minimum atomic E-state index is -0.960. The standard InChI is InChI=1S/C14H11N3O3/c1-17-11-6-10(7-15-12(11)16-14(17)20)8-2-4-9(5-3-8)13(18)19/h2-7H,1H3,(H,18,19)(H,15,16,20). The van der Waals surface area contributed by atoms with E-state index in [4.69, 9.17) is 5.11 Å². The third-order valence-corrected chi connectivity index (χ3v) is 3.22. The summed E-state index contributed by atoms with van der Waals surface area (Å²) in [5.41, 5.74) is 2.92. The van der Waals surface area contributed by atoms with E-state index >= 15 is 0 Å². The smallest absolute Gasteiger partial charge is 0.335 e. The number of rotatable bonds is 2. The van der Waals surface area contributed by atoms with Gasteiger partial charge in [0.05, 0.1) is 11.1 Å². The molecule has 1 aromatic carbocycles. The summed E-state index contributed by atoms with van der Waals surface area (Å²) in [5, 5.41) is 8.87. The lowest BCUT2D eigenvalue weighted by atomic mass is 10.1. The van der Waals surface area contributed by atoms with E-state index in [1.807, 2.05) is 6.07 Å². The van der Waals surface area contributed by atoms with Crippen molar-refractivity contribution in [3.05, 3.63) is 52.6 Å². The number of H-pyrrole nitrogens is 1. The maximum atomic E-state index is 11.5. The molecule has 0 spiro atoms. The normalized spacial score (nSPS) is 10.8. The number of carbonyl (C=O) groups is 1. The maximum Gasteiger partial charge on any atom is 0.335 e. The van der Waals surface area contributed by atoms with Crippen LogP contribution in [0.1, 0.15) is 10.4 Å². The largest absolute Gasteiger partial charge is 0.478 e. The quantitative estimate of drug-likeness (QED) is 0.740. The van der Waals surface area contributed by atoms with Crippen LogP contribution in [-0.2, 0) is 7.05 Å². The summed E-state index contributed by atoms with van der Waals surface area (Å²) < 4.78 is 1.48. The third-order valence-electron chi connectivity index (χ3n) is 3.22. The summed E-state index contributed by atoms with van der Waals surface area (Å²) in [7, 11) is 1.67. The molecule has 0 bridgehead atoms. The molecule has 20 heavy (non-hydrogen) atoms. The molecule has 0 atom stereocenters. The fourth-order valence-electron chi connectivity index (χ4n) is 2.06. The molecule has 0 saturated carbocycles. The SMILES string of the molecule is Cn1c(=O)[nH]c2ncc(-c3ccc(C(=O)O)cc3)cc21. The van der Waals surface area contributed by atoms with Crippen LogP contribution < -0.4 is 5.69 Å². The highest BCUT2D eigenvalue weighted by Crippen LogP contribution is 2.21. The first-order valence-electron chi connectivity index (χ1n) is 5.95. The molecule has 0 aliphatic heterocycles. The fraction of sp³-hybridized carbons (Fsp3) is 0.0714. The lowest BCUT2D eigenvalue weighted by molar-refractivity contribution is 0.0697. The van der Waals surface area contributed by atoms with Crippen molar-refractivity contribution in [3.63, 3.8) is 0 Å². The van der Waals surface area contributed by atoms with Crippen molar-refractivity contribution in [1.29, 1.82) is 0 Å². The number of pyridine rings is 1. The van der Waals surface area contributed by atoms with Crippen molar-refractivity contribution in [2.24, 2.45) is 7.05 Å². The number of imidazole rings is 1. The van der Waals surface area contributed by atoms with Gasteiger partial charge in [0.25, 0.3) is 0 Å². The lowest BCUT2D eigenvalue weighted by Crippen LogP contribution is -2.11. The van der Waals surface area contributed by atoms with Gasteiger partial charge in [-0.25, -0.2) is 14.6 Å². The van der Waals surface area contributed by atoms with Gasteiger partial charge in [-0.15, -0.1) is 0 Å². The number of nitrogens with zero attached hydrogens (tertiary/aromatic N) is 2. The number of aromatic amines is 1. The fourth-order valence-corrected chi connectivity index (χ4v) is 2.06. The summed E-state index contributed by atoms with van der Waals surface area (Å²) in [6.45, 7) is 0. The molecular formula is C14H11N3O3. The topological polar surface area (TPSA) is 88.0 Å². The van der Waals surface area contributed by atoms with E-state index in [-0.39, 0.29) is 11.3 Å². The van der Waals surface area contributed by atoms with Crippen molar-refractivity contribution in [2.75, 3.05) is 0 Å². The van der Waals surface area contributed by atoms with Crippen LogP contribution in [0.15, 0.2) is 41.3 Å². The number of nitrogens with one attached hydrogen (secondary N) is 1. The molecule has 0 fully saturated rings. The van der Waals surface area contributed by atoms with Gasteiger partial charge in [-0.1, -0.05) is 12.1 Å². The van der Waals surface area contributed by atoms with Crippen molar-refractivity contribution < 1.29 is 9.90 Å². The van der Waals surface area contributed by atoms with Crippen LogP contribution in [-0.4, -0.2) is 25.6 Å². The molecule has 0 radical (unpaired) electrons. The molecule has 0 saturated heterocycles. The zero-order valence-corrected chi connectivity index (χ0v) is 10.6. The molecule has 2 heterocycles. The van der Waals surface area contributed by atoms with Gasteiger partial charge in [-0.3, -0.25) is 9.55 Å². The van der Waals surface area contributed by atoms with Crippen LogP contribution in [0.5, 0.6) is 0 Å². The van der Waals surface area contributed by atoms with Crippen LogP contribution >= 0.6 is 0 Å². The molecule has 100 valence electrons. The predicted octanol–water partition coefficient (Wildman–Crippen LogP) is 1.63. The maximum absolute atomic E-state index is 11.5. The first-order chi connectivity index (χ1) is 9.56. The molecule has 0 aliphatic rings. The molecule has 6 nitrogen and oxygen atoms in total. The Morgan fingerprint density at radius 1 is 1.25 bits per heavy atom. The summed E-state index contributed by atoms with van der Waals surface area (Å²) >= 11 is 0. The van der Waals surface area contributed by atoms with E-state index in [0.29, 0.717) is 11.2 Å². The summed E-state index contributed by atoms with van der Waals surface area (Å²) in [5.74, 6) is -0.960. The van der Waals surface area contributed by atoms with Gasteiger partial charge >= 0.3 is 11.7 Å². The van der Waals surface area contributed by atoms with E-state index in [1.54, 1.807) is 25.4 Å². The predicted molar refractivity (Wildman–Crippen MR) is 73.7 cm³/mol. The Labute approximate surface area is 113 Å². The summed E-state index contributed by atoms with van der Waals surface area (Å²) in [4.78, 5) is 29.2. The average Bonchev–Trinajstić information content (AvgIpc) is 2.74. The van der Waals surface area contributed by atoms with Crippen molar-refractivity contribution in [2.45, 2.75) is 0 Å². The van der Waals surface area contributed by atoms with Crippen LogP contribution in [0.2, 0.25) is 0 Å². The number of benzene rings is 1. The summed E-state index contributed by atoms with van der Waals surface area (Å²) in [6.07, 6.45) is 1.65. The Morgan fingerprint density at radius 3 is 2.60 bits per heavy atom. The number of hydrogen-bond acceptors (Lipinski definition) is 3.